The highest BCUT2D eigenvalue weighted by Gasteiger charge is 2.10. The molecular formula is C12H17N7OS. The number of aromatic nitrogens is 5. The fraction of sp³-hybridized carbons (Fsp3) is 0.417. The van der Waals surface area contributed by atoms with E-state index in [1.165, 1.54) is 6.07 Å². The van der Waals surface area contributed by atoms with Gasteiger partial charge in [-0.15, -0.1) is 0 Å². The van der Waals surface area contributed by atoms with Crippen molar-refractivity contribution in [3.05, 3.63) is 22.1 Å². The maximum atomic E-state index is 11.6. The molecule has 0 saturated carbocycles. The minimum absolute atomic E-state index is 0.128. The Balaban J connectivity index is 2.31. The summed E-state index contributed by atoms with van der Waals surface area (Å²) < 4.78 is 0. The Bertz CT molecular complexity index is 686. The molecule has 2 rings (SSSR count). The first-order chi connectivity index (χ1) is 9.97. The highest BCUT2D eigenvalue weighted by atomic mass is 32.2. The summed E-state index contributed by atoms with van der Waals surface area (Å²) in [6.45, 7) is 2.03. The van der Waals surface area contributed by atoms with Crippen LogP contribution in [0.5, 0.6) is 0 Å². The molecule has 8 nitrogen and oxygen atoms in total. The van der Waals surface area contributed by atoms with Gasteiger partial charge in [0.05, 0.1) is 0 Å². The van der Waals surface area contributed by atoms with Gasteiger partial charge in [-0.25, -0.2) is 4.98 Å². The molecule has 0 radical (unpaired) electrons. The minimum Gasteiger partial charge on any atom is -0.368 e. The van der Waals surface area contributed by atoms with Gasteiger partial charge in [-0.3, -0.25) is 4.79 Å². The molecule has 0 unspecified atom stereocenters. The van der Waals surface area contributed by atoms with Crippen molar-refractivity contribution in [2.24, 2.45) is 0 Å². The van der Waals surface area contributed by atoms with Crippen molar-refractivity contribution in [3.63, 3.8) is 0 Å². The van der Waals surface area contributed by atoms with Crippen LogP contribution in [0.25, 0.3) is 0 Å². The highest BCUT2D eigenvalue weighted by Crippen LogP contribution is 2.22. The monoisotopic (exact) mass is 307 g/mol. The van der Waals surface area contributed by atoms with Crippen LogP contribution in [0.3, 0.4) is 0 Å². The third-order valence-corrected chi connectivity index (χ3v) is 3.24. The molecular weight excluding hydrogens is 290 g/mol. The van der Waals surface area contributed by atoms with Gasteiger partial charge in [0.1, 0.15) is 0 Å². The van der Waals surface area contributed by atoms with E-state index in [2.05, 4.69) is 24.9 Å². The molecule has 2 aromatic rings. The van der Waals surface area contributed by atoms with E-state index in [9.17, 15) is 4.79 Å². The number of nitrogens with one attached hydrogen (secondary N) is 1. The summed E-state index contributed by atoms with van der Waals surface area (Å²) in [5.74, 6) is 0.584. The Kier molecular flexibility index (Phi) is 4.73. The van der Waals surface area contributed by atoms with Crippen LogP contribution in [0, 0.1) is 0 Å². The van der Waals surface area contributed by atoms with Gasteiger partial charge in [-0.05, 0) is 18.2 Å². The van der Waals surface area contributed by atoms with Crippen molar-refractivity contribution >= 4 is 23.7 Å². The number of nitrogen functional groups attached to an aromatic ring is 1. The van der Waals surface area contributed by atoms with E-state index >= 15 is 0 Å². The second kappa shape index (κ2) is 6.53. The third-order valence-electron chi connectivity index (χ3n) is 2.49. The van der Waals surface area contributed by atoms with Crippen LogP contribution in [-0.4, -0.2) is 39.0 Å². The number of hydrogen-bond donors (Lipinski definition) is 2. The smallest absolute Gasteiger partial charge is 0.251 e. The molecule has 0 saturated heterocycles. The Morgan fingerprint density at radius 1 is 1.29 bits per heavy atom. The minimum atomic E-state index is -0.189. The average molecular weight is 307 g/mol. The van der Waals surface area contributed by atoms with Gasteiger partial charge >= 0.3 is 0 Å². The van der Waals surface area contributed by atoms with Crippen molar-refractivity contribution in [1.82, 2.24) is 24.9 Å². The molecule has 0 aliphatic carbocycles. The number of nitrogens with two attached hydrogens (primary N) is 1. The van der Waals surface area contributed by atoms with Gasteiger partial charge in [0.25, 0.3) is 5.56 Å². The molecule has 0 spiro atoms. The second-order valence-electron chi connectivity index (χ2n) is 4.56. The number of rotatable bonds is 5. The molecule has 0 atom stereocenters. The largest absolute Gasteiger partial charge is 0.368 e. The molecule has 2 aromatic heterocycles. The summed E-state index contributed by atoms with van der Waals surface area (Å²) in [6.07, 6.45) is 1.67. The maximum absolute atomic E-state index is 11.6. The number of aromatic amines is 1. The number of nitrogens with zero attached hydrogens (tertiary/aromatic N) is 5. The highest BCUT2D eigenvalue weighted by molar-refractivity contribution is 7.99. The normalized spacial score (nSPS) is 10.6. The Hall–Kier alpha value is -2.16. The molecule has 21 heavy (non-hydrogen) atoms. The van der Waals surface area contributed by atoms with E-state index < -0.39 is 0 Å². The summed E-state index contributed by atoms with van der Waals surface area (Å²) in [4.78, 5) is 32.7. The molecule has 3 N–H and O–H groups in total. The van der Waals surface area contributed by atoms with Crippen LogP contribution < -0.4 is 16.2 Å². The zero-order chi connectivity index (χ0) is 15.4. The maximum Gasteiger partial charge on any atom is 0.251 e. The van der Waals surface area contributed by atoms with Crippen molar-refractivity contribution in [3.8, 4) is 0 Å². The summed E-state index contributed by atoms with van der Waals surface area (Å²) >= 11 is 1.15. The van der Waals surface area contributed by atoms with Crippen LogP contribution in [0.15, 0.2) is 21.2 Å². The first-order valence-electron chi connectivity index (χ1n) is 6.45. The van der Waals surface area contributed by atoms with Crippen molar-refractivity contribution in [2.75, 3.05) is 24.7 Å². The fourth-order valence-corrected chi connectivity index (χ4v) is 2.36. The van der Waals surface area contributed by atoms with E-state index in [1.54, 1.807) is 4.90 Å². The fourth-order valence-electron chi connectivity index (χ4n) is 1.61. The third kappa shape index (κ3) is 4.15. The molecule has 2 heterocycles. The van der Waals surface area contributed by atoms with Gasteiger partial charge in [-0.1, -0.05) is 13.3 Å². The van der Waals surface area contributed by atoms with E-state index in [0.29, 0.717) is 16.3 Å². The first kappa shape index (κ1) is 15.2. The van der Waals surface area contributed by atoms with Gasteiger partial charge in [0.2, 0.25) is 17.1 Å². The lowest BCUT2D eigenvalue weighted by Crippen LogP contribution is -2.15. The van der Waals surface area contributed by atoms with E-state index in [4.69, 9.17) is 5.73 Å². The molecule has 0 aliphatic heterocycles. The lowest BCUT2D eigenvalue weighted by molar-refractivity contribution is 0.810. The number of aryl methyl sites for hydroxylation is 1. The topological polar surface area (TPSA) is 114 Å². The van der Waals surface area contributed by atoms with Crippen molar-refractivity contribution < 1.29 is 0 Å². The van der Waals surface area contributed by atoms with Crippen molar-refractivity contribution in [2.45, 2.75) is 30.1 Å². The predicted octanol–water partition coefficient (Wildman–Crippen LogP) is 0.707. The van der Waals surface area contributed by atoms with Gasteiger partial charge in [0.15, 0.2) is 5.16 Å². The average Bonchev–Trinajstić information content (AvgIpc) is 2.37. The van der Waals surface area contributed by atoms with E-state index in [-0.39, 0.29) is 11.5 Å². The van der Waals surface area contributed by atoms with Crippen molar-refractivity contribution in [1.29, 1.82) is 0 Å². The van der Waals surface area contributed by atoms with Gasteiger partial charge in [-0.2, -0.15) is 15.0 Å². The van der Waals surface area contributed by atoms with Gasteiger partial charge in [0, 0.05) is 25.9 Å². The van der Waals surface area contributed by atoms with Crippen LogP contribution in [-0.2, 0) is 6.42 Å². The summed E-state index contributed by atoms with van der Waals surface area (Å²) in [5, 5.41) is 0.837. The second-order valence-corrected chi connectivity index (χ2v) is 5.52. The number of H-pyrrole nitrogens is 1. The number of hydrogen-bond acceptors (Lipinski definition) is 8. The molecule has 0 fully saturated rings. The Morgan fingerprint density at radius 3 is 2.71 bits per heavy atom. The molecule has 9 heteroatoms. The predicted molar refractivity (Wildman–Crippen MR) is 81.5 cm³/mol. The Labute approximate surface area is 126 Å². The summed E-state index contributed by atoms with van der Waals surface area (Å²) in [6, 6.07) is 1.50. The van der Waals surface area contributed by atoms with E-state index in [1.807, 2.05) is 21.0 Å². The lowest BCUT2D eigenvalue weighted by atomic mass is 10.2. The van der Waals surface area contributed by atoms with Crippen LogP contribution >= 0.6 is 11.8 Å². The van der Waals surface area contributed by atoms with Crippen LogP contribution in [0.1, 0.15) is 19.0 Å². The van der Waals surface area contributed by atoms with E-state index in [0.717, 1.165) is 30.3 Å². The SMILES string of the molecule is CCCc1cc(=O)[nH]c(Sc2nc(N)nc(N(C)C)n2)n1. The number of anilines is 2. The molecule has 0 amide bonds. The standard InChI is InChI=1S/C12H17N7OS/c1-4-5-7-6-8(20)15-11(14-7)21-12-17-9(13)16-10(18-12)19(2)3/h6H,4-5H2,1-3H3,(H,14,15,20)(H2,13,16,17,18). The molecule has 112 valence electrons. The molecule has 0 aromatic carbocycles. The zero-order valence-electron chi connectivity index (χ0n) is 12.1. The Morgan fingerprint density at radius 2 is 2.05 bits per heavy atom. The van der Waals surface area contributed by atoms with Crippen LogP contribution in [0.4, 0.5) is 11.9 Å². The summed E-state index contributed by atoms with van der Waals surface area (Å²) in [7, 11) is 3.62. The summed E-state index contributed by atoms with van der Waals surface area (Å²) in [5.41, 5.74) is 6.22. The van der Waals surface area contributed by atoms with Gasteiger partial charge < -0.3 is 15.6 Å². The molecule has 0 aliphatic rings. The lowest BCUT2D eigenvalue weighted by Gasteiger charge is -2.10. The molecule has 0 bridgehead atoms. The zero-order valence-corrected chi connectivity index (χ0v) is 12.9. The quantitative estimate of drug-likeness (QED) is 0.776. The first-order valence-corrected chi connectivity index (χ1v) is 7.26. The van der Waals surface area contributed by atoms with Crippen LogP contribution in [0.2, 0.25) is 0 Å².